The number of benzene rings is 7. The van der Waals surface area contributed by atoms with E-state index in [1.807, 2.05) is 24.3 Å². The number of nitrogens with zero attached hydrogens (tertiary/aromatic N) is 3. The van der Waals surface area contributed by atoms with Crippen LogP contribution in [0.5, 0.6) is 0 Å². The standard InChI is InChI=1S/C46H29N3/c1-3-14-30(15-4-1)32-18-13-19-33(28-32)44-47-43(31-16-5-2-6-17-31)48-45(49-44)34-26-27-38-37-22-9-12-25-41(37)46(42(38)29-34)39-23-10-7-20-35(39)36-21-8-11-24-40(36)46/h1-29H. The summed E-state index contributed by atoms with van der Waals surface area (Å²) in [5, 5.41) is 0. The van der Waals surface area contributed by atoms with Gasteiger partial charge in [-0.05, 0) is 67.8 Å². The third-order valence-electron chi connectivity index (χ3n) is 10.2. The third-order valence-corrected chi connectivity index (χ3v) is 10.2. The highest BCUT2D eigenvalue weighted by Gasteiger charge is 2.51. The van der Waals surface area contributed by atoms with Gasteiger partial charge in [0, 0.05) is 16.7 Å². The Morgan fingerprint density at radius 1 is 0.265 bits per heavy atom. The number of aromatic nitrogens is 3. The largest absolute Gasteiger partial charge is 0.208 e. The fourth-order valence-electron chi connectivity index (χ4n) is 8.05. The maximum Gasteiger partial charge on any atom is 0.164 e. The van der Waals surface area contributed by atoms with Crippen molar-refractivity contribution in [2.24, 2.45) is 0 Å². The highest BCUT2D eigenvalue weighted by molar-refractivity contribution is 5.95. The van der Waals surface area contributed by atoms with Gasteiger partial charge < -0.3 is 0 Å². The van der Waals surface area contributed by atoms with Crippen molar-refractivity contribution in [1.82, 2.24) is 15.0 Å². The lowest BCUT2D eigenvalue weighted by molar-refractivity contribution is 0.794. The molecule has 0 saturated heterocycles. The quantitative estimate of drug-likeness (QED) is 0.196. The van der Waals surface area contributed by atoms with Crippen LogP contribution in [0.4, 0.5) is 0 Å². The average Bonchev–Trinajstić information content (AvgIpc) is 3.66. The molecule has 1 heterocycles. The van der Waals surface area contributed by atoms with E-state index in [0.29, 0.717) is 17.5 Å². The van der Waals surface area contributed by atoms with Gasteiger partial charge in [0.05, 0.1) is 5.41 Å². The van der Waals surface area contributed by atoms with Gasteiger partial charge in [0.25, 0.3) is 0 Å². The van der Waals surface area contributed by atoms with Crippen LogP contribution in [0.25, 0.3) is 67.5 Å². The summed E-state index contributed by atoms with van der Waals surface area (Å²) in [6.45, 7) is 0. The first-order chi connectivity index (χ1) is 24.3. The molecule has 0 bridgehead atoms. The first-order valence-corrected chi connectivity index (χ1v) is 16.7. The van der Waals surface area contributed by atoms with Gasteiger partial charge in [-0.25, -0.2) is 15.0 Å². The molecule has 10 rings (SSSR count). The van der Waals surface area contributed by atoms with Crippen molar-refractivity contribution >= 4 is 0 Å². The van der Waals surface area contributed by atoms with Gasteiger partial charge in [-0.1, -0.05) is 164 Å². The van der Waals surface area contributed by atoms with Crippen LogP contribution in [0.2, 0.25) is 0 Å². The van der Waals surface area contributed by atoms with Crippen LogP contribution >= 0.6 is 0 Å². The molecule has 3 heteroatoms. The van der Waals surface area contributed by atoms with Gasteiger partial charge >= 0.3 is 0 Å². The number of fused-ring (bicyclic) bond motifs is 10. The van der Waals surface area contributed by atoms with Crippen molar-refractivity contribution in [1.29, 1.82) is 0 Å². The summed E-state index contributed by atoms with van der Waals surface area (Å²) < 4.78 is 0. The summed E-state index contributed by atoms with van der Waals surface area (Å²) in [6.07, 6.45) is 0. The molecule has 228 valence electrons. The molecule has 0 N–H and O–H groups in total. The Hall–Kier alpha value is -6.45. The fraction of sp³-hybridized carbons (Fsp3) is 0.0217. The Kier molecular flexibility index (Phi) is 6.09. The van der Waals surface area contributed by atoms with Gasteiger partial charge in [-0.3, -0.25) is 0 Å². The minimum Gasteiger partial charge on any atom is -0.208 e. The van der Waals surface area contributed by atoms with E-state index in [1.165, 1.54) is 44.5 Å². The van der Waals surface area contributed by atoms with E-state index in [9.17, 15) is 0 Å². The van der Waals surface area contributed by atoms with Crippen LogP contribution in [0.15, 0.2) is 176 Å². The molecule has 2 aliphatic rings. The Balaban J connectivity index is 1.21. The number of rotatable bonds is 4. The SMILES string of the molecule is c1ccc(-c2cccc(-c3nc(-c4ccccc4)nc(-c4ccc5c(c4)C4(c6ccccc6-c6ccccc64)c4ccccc4-5)n3)c2)cc1. The Bertz CT molecular complexity index is 2490. The molecule has 0 unspecified atom stereocenters. The van der Waals surface area contributed by atoms with Crippen LogP contribution in [0, 0.1) is 0 Å². The normalized spacial score (nSPS) is 13.1. The number of hydrogen-bond donors (Lipinski definition) is 0. The minimum atomic E-state index is -0.433. The molecule has 0 saturated carbocycles. The smallest absolute Gasteiger partial charge is 0.164 e. The second-order valence-corrected chi connectivity index (χ2v) is 12.8. The third kappa shape index (κ3) is 4.12. The summed E-state index contributed by atoms with van der Waals surface area (Å²) in [6, 6.07) is 62.6. The first-order valence-electron chi connectivity index (χ1n) is 16.7. The monoisotopic (exact) mass is 623 g/mol. The van der Waals surface area contributed by atoms with E-state index in [1.54, 1.807) is 0 Å². The van der Waals surface area contributed by atoms with Crippen LogP contribution in [-0.4, -0.2) is 15.0 Å². The van der Waals surface area contributed by atoms with Crippen molar-refractivity contribution in [3.05, 3.63) is 198 Å². The molecular weight excluding hydrogens is 595 g/mol. The zero-order valence-corrected chi connectivity index (χ0v) is 26.6. The summed E-state index contributed by atoms with van der Waals surface area (Å²) >= 11 is 0. The molecule has 1 spiro atoms. The van der Waals surface area contributed by atoms with Crippen LogP contribution in [0.3, 0.4) is 0 Å². The lowest BCUT2D eigenvalue weighted by Crippen LogP contribution is -2.25. The number of hydrogen-bond acceptors (Lipinski definition) is 3. The van der Waals surface area contributed by atoms with Gasteiger partial charge in [0.1, 0.15) is 0 Å². The highest BCUT2D eigenvalue weighted by Crippen LogP contribution is 2.62. The predicted molar refractivity (Wildman–Crippen MR) is 198 cm³/mol. The van der Waals surface area contributed by atoms with E-state index in [2.05, 4.69) is 152 Å². The van der Waals surface area contributed by atoms with E-state index in [0.717, 1.165) is 27.8 Å². The average molecular weight is 624 g/mol. The van der Waals surface area contributed by atoms with Gasteiger partial charge in [0.15, 0.2) is 17.5 Å². The molecule has 0 atom stereocenters. The van der Waals surface area contributed by atoms with E-state index >= 15 is 0 Å². The van der Waals surface area contributed by atoms with Gasteiger partial charge in [-0.2, -0.15) is 0 Å². The van der Waals surface area contributed by atoms with Crippen molar-refractivity contribution in [3.8, 4) is 67.5 Å². The molecule has 3 nitrogen and oxygen atoms in total. The lowest BCUT2D eigenvalue weighted by atomic mass is 9.70. The molecule has 49 heavy (non-hydrogen) atoms. The van der Waals surface area contributed by atoms with E-state index in [4.69, 9.17) is 15.0 Å². The zero-order valence-electron chi connectivity index (χ0n) is 26.6. The second-order valence-electron chi connectivity index (χ2n) is 12.8. The van der Waals surface area contributed by atoms with Gasteiger partial charge in [0.2, 0.25) is 0 Å². The molecule has 0 radical (unpaired) electrons. The highest BCUT2D eigenvalue weighted by atomic mass is 15.0. The van der Waals surface area contributed by atoms with Crippen molar-refractivity contribution < 1.29 is 0 Å². The maximum atomic E-state index is 5.19. The van der Waals surface area contributed by atoms with Gasteiger partial charge in [-0.15, -0.1) is 0 Å². The summed E-state index contributed by atoms with van der Waals surface area (Å²) in [5.41, 5.74) is 15.0. The van der Waals surface area contributed by atoms with Crippen molar-refractivity contribution in [2.45, 2.75) is 5.41 Å². The molecule has 1 aromatic heterocycles. The van der Waals surface area contributed by atoms with Crippen molar-refractivity contribution in [3.63, 3.8) is 0 Å². The lowest BCUT2D eigenvalue weighted by Gasteiger charge is -2.30. The topological polar surface area (TPSA) is 38.7 Å². The van der Waals surface area contributed by atoms with Crippen LogP contribution < -0.4 is 0 Å². The zero-order chi connectivity index (χ0) is 32.4. The predicted octanol–water partition coefficient (Wildman–Crippen LogP) is 10.9. The Labute approximate surface area is 285 Å². The van der Waals surface area contributed by atoms with Crippen molar-refractivity contribution in [2.75, 3.05) is 0 Å². The molecular formula is C46H29N3. The Morgan fingerprint density at radius 2 is 0.673 bits per heavy atom. The summed E-state index contributed by atoms with van der Waals surface area (Å²) in [5.74, 6) is 1.96. The van der Waals surface area contributed by atoms with E-state index in [-0.39, 0.29) is 0 Å². The minimum absolute atomic E-state index is 0.433. The maximum absolute atomic E-state index is 5.19. The van der Waals surface area contributed by atoms with E-state index < -0.39 is 5.41 Å². The molecule has 0 fully saturated rings. The second kappa shape index (κ2) is 10.8. The van der Waals surface area contributed by atoms with Crippen LogP contribution in [0.1, 0.15) is 22.3 Å². The van der Waals surface area contributed by atoms with Crippen LogP contribution in [-0.2, 0) is 5.41 Å². The molecule has 0 amide bonds. The molecule has 0 aliphatic heterocycles. The Morgan fingerprint density at radius 3 is 1.24 bits per heavy atom. The summed E-state index contributed by atoms with van der Waals surface area (Å²) in [7, 11) is 0. The molecule has 2 aliphatic carbocycles. The molecule has 8 aromatic rings. The molecule has 7 aromatic carbocycles. The fourth-order valence-corrected chi connectivity index (χ4v) is 8.05. The first kappa shape index (κ1) is 27.6. The summed E-state index contributed by atoms with van der Waals surface area (Å²) in [4.78, 5) is 15.4.